The highest BCUT2D eigenvalue weighted by molar-refractivity contribution is 6.17. The van der Waals surface area contributed by atoms with Crippen LogP contribution in [0.2, 0.25) is 0 Å². The van der Waals surface area contributed by atoms with Gasteiger partial charge < -0.3 is 10.1 Å². The Morgan fingerprint density at radius 2 is 2.31 bits per heavy atom. The summed E-state index contributed by atoms with van der Waals surface area (Å²) in [6, 6.07) is 0. The van der Waals surface area contributed by atoms with Crippen molar-refractivity contribution in [1.82, 2.24) is 5.32 Å². The zero-order valence-electron chi connectivity index (χ0n) is 10.0. The first kappa shape index (κ1) is 13.8. The van der Waals surface area contributed by atoms with Crippen molar-refractivity contribution in [2.45, 2.75) is 45.1 Å². The molecule has 2 atom stereocenters. The normalized spacial score (nSPS) is 24.6. The third-order valence-corrected chi connectivity index (χ3v) is 3.36. The lowest BCUT2D eigenvalue weighted by atomic mass is 9.99. The highest BCUT2D eigenvalue weighted by Crippen LogP contribution is 2.22. The van der Waals surface area contributed by atoms with Crippen LogP contribution in [0, 0.1) is 5.92 Å². The van der Waals surface area contributed by atoms with Gasteiger partial charge in [0.25, 0.3) is 0 Å². The molecule has 1 amide bonds. The van der Waals surface area contributed by atoms with Gasteiger partial charge in [-0.2, -0.15) is 0 Å². The fourth-order valence-corrected chi connectivity index (χ4v) is 2.28. The lowest BCUT2D eigenvalue weighted by Gasteiger charge is -2.17. The van der Waals surface area contributed by atoms with Crippen LogP contribution in [0.15, 0.2) is 0 Å². The van der Waals surface area contributed by atoms with E-state index in [2.05, 4.69) is 12.2 Å². The maximum absolute atomic E-state index is 11.5. The number of halogens is 1. The average molecular weight is 248 g/mol. The summed E-state index contributed by atoms with van der Waals surface area (Å²) in [6.07, 6.45) is 4.83. The molecule has 0 spiro atoms. The van der Waals surface area contributed by atoms with Crippen LogP contribution in [-0.2, 0) is 9.53 Å². The summed E-state index contributed by atoms with van der Waals surface area (Å²) < 4.78 is 5.58. The maximum Gasteiger partial charge on any atom is 0.220 e. The van der Waals surface area contributed by atoms with E-state index < -0.39 is 0 Å². The largest absolute Gasteiger partial charge is 0.378 e. The molecule has 4 heteroatoms. The molecule has 0 aromatic carbocycles. The van der Waals surface area contributed by atoms with Gasteiger partial charge in [0.15, 0.2) is 0 Å². The molecular weight excluding hydrogens is 226 g/mol. The van der Waals surface area contributed by atoms with Gasteiger partial charge in [-0.15, -0.1) is 11.6 Å². The van der Waals surface area contributed by atoms with Gasteiger partial charge >= 0.3 is 0 Å². The maximum atomic E-state index is 11.5. The minimum atomic E-state index is 0.145. The molecule has 0 saturated carbocycles. The van der Waals surface area contributed by atoms with Crippen LogP contribution in [0.25, 0.3) is 0 Å². The summed E-state index contributed by atoms with van der Waals surface area (Å²) in [5.41, 5.74) is 0. The van der Waals surface area contributed by atoms with Crippen molar-refractivity contribution in [1.29, 1.82) is 0 Å². The number of ether oxygens (including phenoxy) is 1. The van der Waals surface area contributed by atoms with Gasteiger partial charge in [-0.05, 0) is 25.7 Å². The molecule has 0 aliphatic carbocycles. The van der Waals surface area contributed by atoms with Gasteiger partial charge in [-0.25, -0.2) is 0 Å². The zero-order valence-corrected chi connectivity index (χ0v) is 10.8. The second-order valence-corrected chi connectivity index (χ2v) is 4.69. The summed E-state index contributed by atoms with van der Waals surface area (Å²) in [7, 11) is 0. The number of carbonyl (C=O) groups is 1. The van der Waals surface area contributed by atoms with Crippen molar-refractivity contribution in [2.24, 2.45) is 5.92 Å². The number of carbonyl (C=O) groups excluding carboxylic acids is 1. The SMILES string of the molecule is CCC1OCCC1CNC(=O)CCCCCl. The summed E-state index contributed by atoms with van der Waals surface area (Å²) >= 11 is 5.56. The number of hydrogen-bond donors (Lipinski definition) is 1. The lowest BCUT2D eigenvalue weighted by Crippen LogP contribution is -2.32. The third-order valence-electron chi connectivity index (χ3n) is 3.10. The van der Waals surface area contributed by atoms with Crippen LogP contribution < -0.4 is 5.32 Å². The fourth-order valence-electron chi connectivity index (χ4n) is 2.09. The third kappa shape index (κ3) is 4.71. The van der Waals surface area contributed by atoms with Crippen molar-refractivity contribution >= 4 is 17.5 Å². The Kier molecular flexibility index (Phi) is 6.81. The molecule has 1 fully saturated rings. The van der Waals surface area contributed by atoms with Crippen molar-refractivity contribution in [3.63, 3.8) is 0 Å². The van der Waals surface area contributed by atoms with Crippen LogP contribution in [0.4, 0.5) is 0 Å². The van der Waals surface area contributed by atoms with Crippen LogP contribution in [0.5, 0.6) is 0 Å². The molecule has 94 valence electrons. The van der Waals surface area contributed by atoms with E-state index in [1.54, 1.807) is 0 Å². The number of unbranched alkanes of at least 4 members (excludes halogenated alkanes) is 1. The molecule has 0 bridgehead atoms. The smallest absolute Gasteiger partial charge is 0.220 e. The molecule has 2 unspecified atom stereocenters. The molecule has 0 radical (unpaired) electrons. The monoisotopic (exact) mass is 247 g/mol. The molecule has 1 N–H and O–H groups in total. The molecule has 1 aliphatic heterocycles. The van der Waals surface area contributed by atoms with Gasteiger partial charge in [0.1, 0.15) is 0 Å². The molecule has 1 aliphatic rings. The number of alkyl halides is 1. The van der Waals surface area contributed by atoms with E-state index in [9.17, 15) is 4.79 Å². The van der Waals surface area contributed by atoms with E-state index >= 15 is 0 Å². The summed E-state index contributed by atoms with van der Waals surface area (Å²) in [5, 5.41) is 2.99. The van der Waals surface area contributed by atoms with Gasteiger partial charge in [-0.1, -0.05) is 6.92 Å². The number of amides is 1. The van der Waals surface area contributed by atoms with E-state index in [0.29, 0.717) is 24.3 Å². The first-order valence-electron chi connectivity index (χ1n) is 6.22. The van der Waals surface area contributed by atoms with E-state index in [1.807, 2.05) is 0 Å². The summed E-state index contributed by atoms with van der Waals surface area (Å²) in [6.45, 7) is 3.73. The molecule has 3 nitrogen and oxygen atoms in total. The van der Waals surface area contributed by atoms with Gasteiger partial charge in [0, 0.05) is 31.4 Å². The predicted molar refractivity (Wildman–Crippen MR) is 65.7 cm³/mol. The van der Waals surface area contributed by atoms with E-state index in [0.717, 1.165) is 38.8 Å². The topological polar surface area (TPSA) is 38.3 Å². The van der Waals surface area contributed by atoms with Crippen molar-refractivity contribution < 1.29 is 9.53 Å². The first-order chi connectivity index (χ1) is 7.77. The Morgan fingerprint density at radius 1 is 1.50 bits per heavy atom. The molecule has 0 aromatic rings. The van der Waals surface area contributed by atoms with E-state index in [1.165, 1.54) is 0 Å². The fraction of sp³-hybridized carbons (Fsp3) is 0.917. The molecule has 1 saturated heterocycles. The lowest BCUT2D eigenvalue weighted by molar-refractivity contribution is -0.121. The van der Waals surface area contributed by atoms with E-state index in [4.69, 9.17) is 16.3 Å². The quantitative estimate of drug-likeness (QED) is 0.554. The number of rotatable bonds is 7. The van der Waals surface area contributed by atoms with Crippen molar-refractivity contribution in [3.05, 3.63) is 0 Å². The van der Waals surface area contributed by atoms with Gasteiger partial charge in [-0.3, -0.25) is 4.79 Å². The molecule has 1 heterocycles. The Morgan fingerprint density at radius 3 is 3.00 bits per heavy atom. The van der Waals surface area contributed by atoms with Crippen molar-refractivity contribution in [3.8, 4) is 0 Å². The van der Waals surface area contributed by atoms with Crippen LogP contribution in [-0.4, -0.2) is 31.0 Å². The Labute approximate surface area is 103 Å². The predicted octanol–water partition coefficient (Wildman–Crippen LogP) is 2.33. The van der Waals surface area contributed by atoms with Crippen LogP contribution in [0.3, 0.4) is 0 Å². The van der Waals surface area contributed by atoms with Crippen molar-refractivity contribution in [2.75, 3.05) is 19.0 Å². The zero-order chi connectivity index (χ0) is 11.8. The van der Waals surface area contributed by atoms with Crippen LogP contribution in [0.1, 0.15) is 39.0 Å². The Balaban J connectivity index is 2.11. The molecular formula is C12H22ClNO2. The second-order valence-electron chi connectivity index (χ2n) is 4.32. The highest BCUT2D eigenvalue weighted by atomic mass is 35.5. The summed E-state index contributed by atoms with van der Waals surface area (Å²) in [5.74, 6) is 1.29. The molecule has 16 heavy (non-hydrogen) atoms. The molecule has 1 rings (SSSR count). The standard InChI is InChI=1S/C12H22ClNO2/c1-2-11-10(6-8-16-11)9-14-12(15)5-3-4-7-13/h10-11H,2-9H2,1H3,(H,14,15). The minimum absolute atomic E-state index is 0.145. The summed E-state index contributed by atoms with van der Waals surface area (Å²) in [4.78, 5) is 11.5. The average Bonchev–Trinajstić information content (AvgIpc) is 2.74. The first-order valence-corrected chi connectivity index (χ1v) is 6.75. The Hall–Kier alpha value is -0.280. The minimum Gasteiger partial charge on any atom is -0.378 e. The van der Waals surface area contributed by atoms with Crippen LogP contribution >= 0.6 is 11.6 Å². The highest BCUT2D eigenvalue weighted by Gasteiger charge is 2.26. The van der Waals surface area contributed by atoms with Gasteiger partial charge in [0.05, 0.1) is 6.10 Å². The Bertz CT molecular complexity index is 211. The molecule has 0 aromatic heterocycles. The van der Waals surface area contributed by atoms with Gasteiger partial charge in [0.2, 0.25) is 5.91 Å². The second kappa shape index (κ2) is 7.91. The number of nitrogens with one attached hydrogen (secondary N) is 1. The number of hydrogen-bond acceptors (Lipinski definition) is 2. The van der Waals surface area contributed by atoms with E-state index in [-0.39, 0.29) is 5.91 Å².